The smallest absolute Gasteiger partial charge is 0.494 e. The molecule has 1 amide bonds. The van der Waals surface area contributed by atoms with E-state index in [-0.39, 0.29) is 5.97 Å². The standard InChI is InChI=1S/C38H61NO8Si/c1-5-9-10-13-16-27-42-36-24-23-34-31-33(20-22-35(34)32-36)21-25-37(40)43-28-17-14-11-12-15-18-29-44-38(41)39-26-19-30-48(45-6-2,46-7-3)47-8-4/h20-25,31-32H,5-19,26-30H2,1-4H3,(H,39,41)/b25-21+. The van der Waals surface area contributed by atoms with Crippen LogP contribution < -0.4 is 10.1 Å². The van der Waals surface area contributed by atoms with Crippen LogP contribution in [0.25, 0.3) is 16.8 Å². The molecule has 9 nitrogen and oxygen atoms in total. The Hall–Kier alpha value is -2.92. The third-order valence-corrected chi connectivity index (χ3v) is 11.0. The third-order valence-electron chi connectivity index (χ3n) is 7.80. The van der Waals surface area contributed by atoms with E-state index in [1.165, 1.54) is 31.8 Å². The van der Waals surface area contributed by atoms with Crippen molar-refractivity contribution in [2.75, 3.05) is 46.2 Å². The summed E-state index contributed by atoms with van der Waals surface area (Å²) in [5.74, 6) is 0.571. The highest BCUT2D eigenvalue weighted by Crippen LogP contribution is 2.23. The Balaban J connectivity index is 1.50. The highest BCUT2D eigenvalue weighted by atomic mass is 28.4. The lowest BCUT2D eigenvalue weighted by molar-refractivity contribution is -0.137. The number of hydrogen-bond acceptors (Lipinski definition) is 8. The van der Waals surface area contributed by atoms with E-state index in [1.54, 1.807) is 6.08 Å². The molecule has 0 heterocycles. The number of benzene rings is 2. The molecular formula is C38H61NO8Si. The van der Waals surface area contributed by atoms with Gasteiger partial charge in [-0.25, -0.2) is 9.59 Å². The second-order valence-corrected chi connectivity index (χ2v) is 14.5. The molecule has 0 radical (unpaired) electrons. The maximum atomic E-state index is 12.2. The zero-order valence-corrected chi connectivity index (χ0v) is 31.0. The van der Waals surface area contributed by atoms with Crippen LogP contribution in [-0.2, 0) is 27.5 Å². The Morgan fingerprint density at radius 3 is 1.92 bits per heavy atom. The molecule has 270 valence electrons. The molecule has 0 bridgehead atoms. The van der Waals surface area contributed by atoms with Crippen molar-refractivity contribution < 1.29 is 37.1 Å². The zero-order valence-electron chi connectivity index (χ0n) is 30.0. The van der Waals surface area contributed by atoms with Gasteiger partial charge in [-0.3, -0.25) is 0 Å². The number of unbranched alkanes of at least 4 members (excludes halogenated alkanes) is 9. The number of esters is 1. The topological polar surface area (TPSA) is 102 Å². The van der Waals surface area contributed by atoms with Gasteiger partial charge in [-0.05, 0) is 87.1 Å². The van der Waals surface area contributed by atoms with E-state index in [0.29, 0.717) is 52.0 Å². The van der Waals surface area contributed by atoms with Crippen molar-refractivity contribution in [1.82, 2.24) is 5.32 Å². The van der Waals surface area contributed by atoms with E-state index < -0.39 is 14.9 Å². The number of ether oxygens (including phenoxy) is 3. The minimum absolute atomic E-state index is 0.326. The summed E-state index contributed by atoms with van der Waals surface area (Å²) < 4.78 is 34.1. The van der Waals surface area contributed by atoms with E-state index in [0.717, 1.165) is 73.6 Å². The van der Waals surface area contributed by atoms with E-state index in [2.05, 4.69) is 36.5 Å². The first-order valence-electron chi connectivity index (χ1n) is 18.3. The monoisotopic (exact) mass is 687 g/mol. The van der Waals surface area contributed by atoms with Crippen LogP contribution >= 0.6 is 0 Å². The van der Waals surface area contributed by atoms with Crippen LogP contribution in [-0.4, -0.2) is 67.1 Å². The zero-order chi connectivity index (χ0) is 34.7. The summed E-state index contributed by atoms with van der Waals surface area (Å²) in [4.78, 5) is 24.2. The van der Waals surface area contributed by atoms with Crippen LogP contribution in [0, 0.1) is 0 Å². The van der Waals surface area contributed by atoms with Crippen LogP contribution in [0.3, 0.4) is 0 Å². The molecule has 0 spiro atoms. The molecule has 0 aromatic heterocycles. The van der Waals surface area contributed by atoms with Gasteiger partial charge in [-0.15, -0.1) is 0 Å². The SMILES string of the molecule is CCCCCCCOc1ccc2cc(/C=C/C(=O)OCCCCCCCCOC(=O)NCCC[Si](OCC)(OCC)OCC)ccc2c1. The van der Waals surface area contributed by atoms with Gasteiger partial charge >= 0.3 is 20.9 Å². The first-order chi connectivity index (χ1) is 23.4. The number of hydrogen-bond donors (Lipinski definition) is 1. The molecule has 0 aliphatic carbocycles. The van der Waals surface area contributed by atoms with Crippen molar-refractivity contribution in [1.29, 1.82) is 0 Å². The predicted molar refractivity (Wildman–Crippen MR) is 195 cm³/mol. The molecule has 48 heavy (non-hydrogen) atoms. The summed E-state index contributed by atoms with van der Waals surface area (Å²) in [6.07, 6.45) is 15.4. The number of amides is 1. The highest BCUT2D eigenvalue weighted by molar-refractivity contribution is 6.60. The minimum atomic E-state index is -2.68. The van der Waals surface area contributed by atoms with Crippen molar-refractivity contribution in [2.45, 2.75) is 111 Å². The lowest BCUT2D eigenvalue weighted by atomic mass is 10.1. The van der Waals surface area contributed by atoms with E-state index in [1.807, 2.05) is 32.9 Å². The second kappa shape index (κ2) is 26.0. The molecule has 0 aliphatic rings. The van der Waals surface area contributed by atoms with Crippen LogP contribution in [0.15, 0.2) is 42.5 Å². The van der Waals surface area contributed by atoms with Crippen molar-refractivity contribution >= 4 is 37.7 Å². The molecule has 2 rings (SSSR count). The quantitative estimate of drug-likeness (QED) is 0.0409. The van der Waals surface area contributed by atoms with Crippen LogP contribution in [0.4, 0.5) is 4.79 Å². The molecule has 10 heteroatoms. The molecule has 0 atom stereocenters. The largest absolute Gasteiger partial charge is 0.500 e. The van der Waals surface area contributed by atoms with Gasteiger partial charge < -0.3 is 32.8 Å². The summed E-state index contributed by atoms with van der Waals surface area (Å²) in [5.41, 5.74) is 0.954. The fourth-order valence-corrected chi connectivity index (χ4v) is 7.95. The first kappa shape index (κ1) is 41.2. The number of carbonyl (C=O) groups excluding carboxylic acids is 2. The van der Waals surface area contributed by atoms with Gasteiger partial charge in [-0.1, -0.05) is 76.5 Å². The summed E-state index contributed by atoms with van der Waals surface area (Å²) in [7, 11) is -2.68. The van der Waals surface area contributed by atoms with Crippen LogP contribution in [0.2, 0.25) is 6.04 Å². The van der Waals surface area contributed by atoms with E-state index in [9.17, 15) is 9.59 Å². The molecular weight excluding hydrogens is 627 g/mol. The van der Waals surface area contributed by atoms with Gasteiger partial charge in [-0.2, -0.15) is 0 Å². The number of alkyl carbamates (subject to hydrolysis) is 1. The second-order valence-electron chi connectivity index (χ2n) is 11.8. The normalized spacial score (nSPS) is 11.7. The summed E-state index contributed by atoms with van der Waals surface area (Å²) in [6.45, 7) is 11.7. The summed E-state index contributed by atoms with van der Waals surface area (Å²) >= 11 is 0. The van der Waals surface area contributed by atoms with Crippen molar-refractivity contribution in [3.63, 3.8) is 0 Å². The van der Waals surface area contributed by atoms with Gasteiger partial charge in [0.05, 0.1) is 19.8 Å². The lowest BCUT2D eigenvalue weighted by Crippen LogP contribution is -2.46. The number of carbonyl (C=O) groups is 2. The molecule has 2 aromatic rings. The molecule has 0 saturated carbocycles. The van der Waals surface area contributed by atoms with Crippen molar-refractivity contribution in [3.05, 3.63) is 48.0 Å². The molecule has 2 aromatic carbocycles. The first-order valence-corrected chi connectivity index (χ1v) is 20.2. The average molecular weight is 688 g/mol. The van der Waals surface area contributed by atoms with Crippen molar-refractivity contribution in [2.24, 2.45) is 0 Å². The number of nitrogens with one attached hydrogen (secondary N) is 1. The number of fused-ring (bicyclic) bond motifs is 1. The van der Waals surface area contributed by atoms with Gasteiger partial charge in [0, 0.05) is 38.5 Å². The maximum Gasteiger partial charge on any atom is 0.500 e. The highest BCUT2D eigenvalue weighted by Gasteiger charge is 2.39. The number of rotatable bonds is 28. The lowest BCUT2D eigenvalue weighted by Gasteiger charge is -2.28. The van der Waals surface area contributed by atoms with Gasteiger partial charge in [0.1, 0.15) is 5.75 Å². The summed E-state index contributed by atoms with van der Waals surface area (Å²) in [5, 5.41) is 5.02. The molecule has 0 fully saturated rings. The fourth-order valence-electron chi connectivity index (χ4n) is 5.34. The van der Waals surface area contributed by atoms with Crippen LogP contribution in [0.5, 0.6) is 5.75 Å². The molecule has 0 aliphatic heterocycles. The van der Waals surface area contributed by atoms with E-state index >= 15 is 0 Å². The predicted octanol–water partition coefficient (Wildman–Crippen LogP) is 9.25. The average Bonchev–Trinajstić information content (AvgIpc) is 3.08. The van der Waals surface area contributed by atoms with Gasteiger partial charge in [0.2, 0.25) is 0 Å². The Labute approximate surface area is 290 Å². The maximum absolute atomic E-state index is 12.2. The van der Waals surface area contributed by atoms with Crippen molar-refractivity contribution in [3.8, 4) is 5.75 Å². The Kier molecular flexibility index (Phi) is 22.4. The molecule has 0 saturated heterocycles. The van der Waals surface area contributed by atoms with Gasteiger partial charge in [0.15, 0.2) is 0 Å². The molecule has 0 unspecified atom stereocenters. The van der Waals surface area contributed by atoms with Crippen LogP contribution in [0.1, 0.15) is 110 Å². The summed E-state index contributed by atoms with van der Waals surface area (Å²) in [6, 6.07) is 12.9. The third kappa shape index (κ3) is 18.0. The van der Waals surface area contributed by atoms with Gasteiger partial charge in [0.25, 0.3) is 0 Å². The Morgan fingerprint density at radius 1 is 0.667 bits per heavy atom. The molecule has 1 N–H and O–H groups in total. The Morgan fingerprint density at radius 2 is 1.25 bits per heavy atom. The fraction of sp³-hybridized carbons (Fsp3) is 0.632. The Bertz CT molecular complexity index is 1170. The van der Waals surface area contributed by atoms with E-state index in [4.69, 9.17) is 27.5 Å². The minimum Gasteiger partial charge on any atom is -0.494 e.